The highest BCUT2D eigenvalue weighted by atomic mass is 35.5. The Bertz CT molecular complexity index is 1000. The first kappa shape index (κ1) is 17.3. The number of halogens is 1. The van der Waals surface area contributed by atoms with Crippen LogP contribution in [0.25, 0.3) is 10.4 Å². The van der Waals surface area contributed by atoms with Crippen molar-refractivity contribution in [3.05, 3.63) is 62.1 Å². The highest BCUT2D eigenvalue weighted by molar-refractivity contribution is 7.18. The molecule has 1 saturated heterocycles. The number of hydrogen-bond donors (Lipinski definition) is 0. The standard InChI is InChI=1S/C21H19ClN2OS2/c22-15-2-1-3-16(13-15)23-7-9-24(10-8-23)21(25)19-12-14-4-5-18-17(6-11-26-18)20(14)27-19/h1-3,6,11-13H,4-5,7-10H2. The highest BCUT2D eigenvalue weighted by Crippen LogP contribution is 2.42. The summed E-state index contributed by atoms with van der Waals surface area (Å²) >= 11 is 9.61. The maximum absolute atomic E-state index is 13.1. The number of rotatable bonds is 2. The van der Waals surface area contributed by atoms with Crippen LogP contribution in [-0.2, 0) is 12.8 Å². The maximum Gasteiger partial charge on any atom is 0.264 e. The van der Waals surface area contributed by atoms with Crippen LogP contribution in [0.1, 0.15) is 20.1 Å². The molecule has 3 heterocycles. The van der Waals surface area contributed by atoms with E-state index in [4.69, 9.17) is 11.6 Å². The largest absolute Gasteiger partial charge is 0.368 e. The fourth-order valence-electron chi connectivity index (χ4n) is 3.93. The van der Waals surface area contributed by atoms with Gasteiger partial charge in [0.2, 0.25) is 0 Å². The van der Waals surface area contributed by atoms with Gasteiger partial charge in [-0.05, 0) is 54.1 Å². The van der Waals surface area contributed by atoms with Crippen LogP contribution >= 0.6 is 34.3 Å². The molecule has 2 aliphatic rings. The van der Waals surface area contributed by atoms with Crippen LogP contribution in [0.5, 0.6) is 0 Å². The predicted octanol–water partition coefficient (Wildman–Crippen LogP) is 5.19. The molecule has 27 heavy (non-hydrogen) atoms. The van der Waals surface area contributed by atoms with Crippen molar-refractivity contribution < 1.29 is 4.79 Å². The van der Waals surface area contributed by atoms with Gasteiger partial charge in [0.1, 0.15) is 0 Å². The minimum Gasteiger partial charge on any atom is -0.368 e. The Hall–Kier alpha value is -1.82. The van der Waals surface area contributed by atoms with Crippen molar-refractivity contribution in [3.8, 4) is 10.4 Å². The van der Waals surface area contributed by atoms with Crippen LogP contribution in [0.3, 0.4) is 0 Å². The number of anilines is 1. The van der Waals surface area contributed by atoms with E-state index in [0.717, 1.165) is 54.6 Å². The van der Waals surface area contributed by atoms with Crippen LogP contribution in [0, 0.1) is 0 Å². The van der Waals surface area contributed by atoms with E-state index < -0.39 is 0 Å². The van der Waals surface area contributed by atoms with E-state index in [-0.39, 0.29) is 5.91 Å². The summed E-state index contributed by atoms with van der Waals surface area (Å²) < 4.78 is 0. The first-order chi connectivity index (χ1) is 13.2. The van der Waals surface area contributed by atoms with Crippen molar-refractivity contribution >= 4 is 45.9 Å². The number of aryl methyl sites for hydroxylation is 2. The monoisotopic (exact) mass is 414 g/mol. The number of piperazine rings is 1. The molecule has 1 amide bonds. The third-order valence-electron chi connectivity index (χ3n) is 5.37. The van der Waals surface area contributed by atoms with Crippen LogP contribution in [0.4, 0.5) is 5.69 Å². The third-order valence-corrected chi connectivity index (χ3v) is 7.79. The minimum atomic E-state index is 0.178. The van der Waals surface area contributed by atoms with Gasteiger partial charge in [0.05, 0.1) is 4.88 Å². The smallest absolute Gasteiger partial charge is 0.264 e. The van der Waals surface area contributed by atoms with Gasteiger partial charge in [-0.1, -0.05) is 17.7 Å². The Labute approximate surface area is 171 Å². The molecule has 0 radical (unpaired) electrons. The molecule has 3 aromatic rings. The number of carbonyl (C=O) groups excluding carboxylic acids is 1. The molecule has 0 bridgehead atoms. The van der Waals surface area contributed by atoms with Crippen LogP contribution in [0.2, 0.25) is 5.02 Å². The molecule has 0 unspecified atom stereocenters. The van der Waals surface area contributed by atoms with E-state index in [1.807, 2.05) is 34.4 Å². The zero-order chi connectivity index (χ0) is 18.4. The van der Waals surface area contributed by atoms with Crippen molar-refractivity contribution in [2.75, 3.05) is 31.1 Å². The van der Waals surface area contributed by atoms with E-state index in [2.05, 4.69) is 28.5 Å². The highest BCUT2D eigenvalue weighted by Gasteiger charge is 2.27. The Morgan fingerprint density at radius 3 is 2.70 bits per heavy atom. The summed E-state index contributed by atoms with van der Waals surface area (Å²) in [5.41, 5.74) is 3.81. The van der Waals surface area contributed by atoms with Crippen molar-refractivity contribution in [3.63, 3.8) is 0 Å². The number of nitrogens with zero attached hydrogens (tertiary/aromatic N) is 2. The molecule has 0 N–H and O–H groups in total. The molecule has 6 heteroatoms. The Morgan fingerprint density at radius 1 is 1.04 bits per heavy atom. The van der Waals surface area contributed by atoms with Crippen molar-refractivity contribution in [1.29, 1.82) is 0 Å². The molecule has 0 spiro atoms. The zero-order valence-electron chi connectivity index (χ0n) is 14.8. The molecular weight excluding hydrogens is 396 g/mol. The van der Waals surface area contributed by atoms with Crippen LogP contribution < -0.4 is 4.90 Å². The second kappa shape index (κ2) is 6.97. The van der Waals surface area contributed by atoms with E-state index in [9.17, 15) is 4.79 Å². The number of benzene rings is 1. The Morgan fingerprint density at radius 2 is 1.89 bits per heavy atom. The number of hydrogen-bond acceptors (Lipinski definition) is 4. The fraction of sp³-hybridized carbons (Fsp3) is 0.286. The predicted molar refractivity (Wildman–Crippen MR) is 115 cm³/mol. The molecule has 1 aliphatic carbocycles. The number of amides is 1. The first-order valence-corrected chi connectivity index (χ1v) is 11.3. The molecule has 1 aromatic carbocycles. The van der Waals surface area contributed by atoms with E-state index in [1.54, 1.807) is 11.3 Å². The summed E-state index contributed by atoms with van der Waals surface area (Å²) in [6.45, 7) is 3.17. The molecular formula is C21H19ClN2OS2. The van der Waals surface area contributed by atoms with Crippen molar-refractivity contribution in [2.45, 2.75) is 12.8 Å². The third kappa shape index (κ3) is 3.18. The lowest BCUT2D eigenvalue weighted by molar-refractivity contribution is 0.0751. The van der Waals surface area contributed by atoms with Gasteiger partial charge in [-0.2, -0.15) is 0 Å². The molecule has 2 aromatic heterocycles. The van der Waals surface area contributed by atoms with E-state index >= 15 is 0 Å². The van der Waals surface area contributed by atoms with E-state index in [0.29, 0.717) is 0 Å². The quantitative estimate of drug-likeness (QED) is 0.576. The second-order valence-electron chi connectivity index (χ2n) is 6.98. The van der Waals surface area contributed by atoms with Gasteiger partial charge in [0.25, 0.3) is 5.91 Å². The van der Waals surface area contributed by atoms with Gasteiger partial charge in [-0.15, -0.1) is 22.7 Å². The zero-order valence-corrected chi connectivity index (χ0v) is 17.2. The summed E-state index contributed by atoms with van der Waals surface area (Å²) in [6.07, 6.45) is 2.15. The van der Waals surface area contributed by atoms with Gasteiger partial charge in [-0.3, -0.25) is 4.79 Å². The van der Waals surface area contributed by atoms with Gasteiger partial charge in [0, 0.05) is 52.2 Å². The molecule has 0 atom stereocenters. The van der Waals surface area contributed by atoms with E-state index in [1.165, 1.54) is 20.9 Å². The summed E-state index contributed by atoms with van der Waals surface area (Å²) in [6, 6.07) is 12.3. The Balaban J connectivity index is 1.31. The van der Waals surface area contributed by atoms with Gasteiger partial charge in [-0.25, -0.2) is 0 Å². The normalized spacial score (nSPS) is 16.2. The molecule has 0 saturated carbocycles. The lowest BCUT2D eigenvalue weighted by Gasteiger charge is -2.36. The maximum atomic E-state index is 13.1. The van der Waals surface area contributed by atoms with Crippen molar-refractivity contribution in [2.24, 2.45) is 0 Å². The molecule has 138 valence electrons. The number of thiophene rings is 2. The average Bonchev–Trinajstić information content (AvgIpc) is 3.33. The fourth-order valence-corrected chi connectivity index (χ4v) is 6.29. The van der Waals surface area contributed by atoms with Gasteiger partial charge in [0.15, 0.2) is 0 Å². The second-order valence-corrected chi connectivity index (χ2v) is 9.47. The van der Waals surface area contributed by atoms with Gasteiger partial charge < -0.3 is 9.80 Å². The molecule has 1 fully saturated rings. The summed E-state index contributed by atoms with van der Waals surface area (Å²) in [5, 5.41) is 2.92. The topological polar surface area (TPSA) is 23.6 Å². The summed E-state index contributed by atoms with van der Waals surface area (Å²) in [5.74, 6) is 0.178. The molecule has 1 aliphatic heterocycles. The SMILES string of the molecule is O=C(c1cc2c(s1)-c1ccsc1CC2)N1CCN(c2cccc(Cl)c2)CC1. The van der Waals surface area contributed by atoms with Gasteiger partial charge >= 0.3 is 0 Å². The average molecular weight is 415 g/mol. The minimum absolute atomic E-state index is 0.178. The number of carbonyl (C=O) groups is 1. The molecule has 5 rings (SSSR count). The van der Waals surface area contributed by atoms with Crippen LogP contribution in [-0.4, -0.2) is 37.0 Å². The van der Waals surface area contributed by atoms with Crippen molar-refractivity contribution in [1.82, 2.24) is 4.90 Å². The van der Waals surface area contributed by atoms with Crippen LogP contribution in [0.15, 0.2) is 41.8 Å². The first-order valence-electron chi connectivity index (χ1n) is 9.18. The summed E-state index contributed by atoms with van der Waals surface area (Å²) in [4.78, 5) is 21.0. The molecule has 3 nitrogen and oxygen atoms in total. The number of fused-ring (bicyclic) bond motifs is 3. The lowest BCUT2D eigenvalue weighted by Crippen LogP contribution is -2.48. The Kier molecular flexibility index (Phi) is 4.46. The lowest BCUT2D eigenvalue weighted by atomic mass is 9.98. The summed E-state index contributed by atoms with van der Waals surface area (Å²) in [7, 11) is 0.